The molecule has 0 saturated carbocycles. The molecule has 2 heterocycles. The second-order valence-electron chi connectivity index (χ2n) is 5.10. The second kappa shape index (κ2) is 5.28. The average molecular weight is 212 g/mol. The summed E-state index contributed by atoms with van der Waals surface area (Å²) in [6.07, 6.45) is 5.07. The van der Waals surface area contributed by atoms with E-state index in [0.717, 1.165) is 19.3 Å². The molecule has 15 heavy (non-hydrogen) atoms. The summed E-state index contributed by atoms with van der Waals surface area (Å²) in [6, 6.07) is 1.12. The van der Waals surface area contributed by atoms with Gasteiger partial charge in [-0.2, -0.15) is 0 Å². The molecular formula is C12H24N2O. The van der Waals surface area contributed by atoms with Crippen LogP contribution in [-0.2, 0) is 4.74 Å². The van der Waals surface area contributed by atoms with Crippen molar-refractivity contribution in [3.63, 3.8) is 0 Å². The third-order valence-corrected chi connectivity index (χ3v) is 3.94. The van der Waals surface area contributed by atoms with Crippen molar-refractivity contribution in [3.8, 4) is 0 Å². The van der Waals surface area contributed by atoms with Gasteiger partial charge >= 0.3 is 0 Å². The van der Waals surface area contributed by atoms with E-state index in [1.807, 2.05) is 0 Å². The van der Waals surface area contributed by atoms with E-state index in [-0.39, 0.29) is 0 Å². The molecule has 2 aliphatic rings. The molecule has 0 aliphatic carbocycles. The summed E-state index contributed by atoms with van der Waals surface area (Å²) in [5, 5.41) is 0. The number of hydrogen-bond acceptors (Lipinski definition) is 3. The van der Waals surface area contributed by atoms with Gasteiger partial charge in [0.15, 0.2) is 0 Å². The molecule has 0 radical (unpaired) electrons. The zero-order valence-corrected chi connectivity index (χ0v) is 9.82. The number of nitrogens with two attached hydrogens (primary N) is 1. The molecule has 0 aromatic rings. The fourth-order valence-corrected chi connectivity index (χ4v) is 2.85. The van der Waals surface area contributed by atoms with Gasteiger partial charge in [-0.05, 0) is 45.1 Å². The Labute approximate surface area is 93.0 Å². The summed E-state index contributed by atoms with van der Waals surface area (Å²) in [4.78, 5) is 2.65. The van der Waals surface area contributed by atoms with Crippen LogP contribution in [-0.4, -0.2) is 43.3 Å². The smallest absolute Gasteiger partial charge is 0.0480 e. The minimum absolute atomic E-state index is 0.354. The van der Waals surface area contributed by atoms with Crippen molar-refractivity contribution < 1.29 is 4.74 Å². The van der Waals surface area contributed by atoms with Crippen molar-refractivity contribution in [2.75, 3.05) is 26.3 Å². The van der Waals surface area contributed by atoms with Crippen LogP contribution in [0.15, 0.2) is 0 Å². The monoisotopic (exact) mass is 212 g/mol. The molecule has 0 aromatic carbocycles. The van der Waals surface area contributed by atoms with Gasteiger partial charge in [0, 0.05) is 31.8 Å². The predicted molar refractivity (Wildman–Crippen MR) is 61.8 cm³/mol. The first-order chi connectivity index (χ1) is 7.27. The van der Waals surface area contributed by atoms with Crippen LogP contribution in [0.1, 0.15) is 32.6 Å². The molecule has 0 bridgehead atoms. The Morgan fingerprint density at radius 3 is 2.67 bits per heavy atom. The topological polar surface area (TPSA) is 38.5 Å². The van der Waals surface area contributed by atoms with Gasteiger partial charge in [0.2, 0.25) is 0 Å². The maximum absolute atomic E-state index is 6.01. The third-order valence-electron chi connectivity index (χ3n) is 3.94. The SMILES string of the molecule is CC(N)C1CCCN(C2CCOCC2)C1. The number of nitrogens with zero attached hydrogens (tertiary/aromatic N) is 1. The molecule has 2 aliphatic heterocycles. The van der Waals surface area contributed by atoms with E-state index in [1.165, 1.54) is 38.8 Å². The molecule has 2 fully saturated rings. The average Bonchev–Trinajstić information content (AvgIpc) is 2.30. The first-order valence-electron chi connectivity index (χ1n) is 6.35. The minimum Gasteiger partial charge on any atom is -0.381 e. The van der Waals surface area contributed by atoms with E-state index in [4.69, 9.17) is 10.5 Å². The maximum atomic E-state index is 6.01. The van der Waals surface area contributed by atoms with Crippen molar-refractivity contribution in [3.05, 3.63) is 0 Å². The van der Waals surface area contributed by atoms with Crippen molar-refractivity contribution in [1.29, 1.82) is 0 Å². The molecule has 2 rings (SSSR count). The number of rotatable bonds is 2. The van der Waals surface area contributed by atoms with Crippen LogP contribution in [0.4, 0.5) is 0 Å². The number of hydrogen-bond donors (Lipinski definition) is 1. The summed E-state index contributed by atoms with van der Waals surface area (Å²) in [6.45, 7) is 6.53. The molecule has 2 unspecified atom stereocenters. The highest BCUT2D eigenvalue weighted by Crippen LogP contribution is 2.24. The Kier molecular flexibility index (Phi) is 4.00. The summed E-state index contributed by atoms with van der Waals surface area (Å²) >= 11 is 0. The lowest BCUT2D eigenvalue weighted by atomic mass is 9.90. The Balaban J connectivity index is 1.85. The van der Waals surface area contributed by atoms with Crippen LogP contribution in [0.25, 0.3) is 0 Å². The number of likely N-dealkylation sites (tertiary alicyclic amines) is 1. The Hall–Kier alpha value is -0.120. The van der Waals surface area contributed by atoms with Crippen LogP contribution in [0.5, 0.6) is 0 Å². The van der Waals surface area contributed by atoms with Gasteiger partial charge in [0.1, 0.15) is 0 Å². The summed E-state index contributed by atoms with van der Waals surface area (Å²) in [7, 11) is 0. The Morgan fingerprint density at radius 1 is 1.27 bits per heavy atom. The molecule has 3 nitrogen and oxygen atoms in total. The summed E-state index contributed by atoms with van der Waals surface area (Å²) in [5.41, 5.74) is 6.01. The van der Waals surface area contributed by atoms with Gasteiger partial charge in [0.25, 0.3) is 0 Å². The molecule has 3 heteroatoms. The van der Waals surface area contributed by atoms with E-state index < -0.39 is 0 Å². The van der Waals surface area contributed by atoms with E-state index in [9.17, 15) is 0 Å². The van der Waals surface area contributed by atoms with E-state index in [0.29, 0.717) is 12.0 Å². The summed E-state index contributed by atoms with van der Waals surface area (Å²) < 4.78 is 5.41. The second-order valence-corrected chi connectivity index (χ2v) is 5.10. The third kappa shape index (κ3) is 2.92. The normalized spacial score (nSPS) is 32.8. The van der Waals surface area contributed by atoms with Crippen LogP contribution < -0.4 is 5.73 Å². The lowest BCUT2D eigenvalue weighted by Gasteiger charge is -2.41. The molecular weight excluding hydrogens is 188 g/mol. The highest BCUT2D eigenvalue weighted by Gasteiger charge is 2.28. The van der Waals surface area contributed by atoms with Gasteiger partial charge in [-0.15, -0.1) is 0 Å². The molecule has 2 saturated heterocycles. The quantitative estimate of drug-likeness (QED) is 0.748. The largest absolute Gasteiger partial charge is 0.381 e. The molecule has 2 N–H and O–H groups in total. The zero-order chi connectivity index (χ0) is 10.7. The maximum Gasteiger partial charge on any atom is 0.0480 e. The van der Waals surface area contributed by atoms with Gasteiger partial charge in [-0.3, -0.25) is 4.90 Å². The van der Waals surface area contributed by atoms with Gasteiger partial charge in [-0.1, -0.05) is 0 Å². The first-order valence-corrected chi connectivity index (χ1v) is 6.35. The fourth-order valence-electron chi connectivity index (χ4n) is 2.85. The molecule has 0 spiro atoms. The number of ether oxygens (including phenoxy) is 1. The fraction of sp³-hybridized carbons (Fsp3) is 1.00. The lowest BCUT2D eigenvalue weighted by molar-refractivity contribution is 0.0158. The van der Waals surface area contributed by atoms with Crippen LogP contribution in [0.2, 0.25) is 0 Å². The highest BCUT2D eigenvalue weighted by molar-refractivity contribution is 4.83. The van der Waals surface area contributed by atoms with Crippen LogP contribution >= 0.6 is 0 Å². The predicted octanol–water partition coefficient (Wildman–Crippen LogP) is 1.22. The van der Waals surface area contributed by atoms with Crippen molar-refractivity contribution in [2.24, 2.45) is 11.7 Å². The van der Waals surface area contributed by atoms with Gasteiger partial charge < -0.3 is 10.5 Å². The molecule has 88 valence electrons. The van der Waals surface area contributed by atoms with Gasteiger partial charge in [-0.25, -0.2) is 0 Å². The Morgan fingerprint density at radius 2 is 2.00 bits per heavy atom. The van der Waals surface area contributed by atoms with E-state index in [1.54, 1.807) is 0 Å². The highest BCUT2D eigenvalue weighted by atomic mass is 16.5. The van der Waals surface area contributed by atoms with Crippen molar-refractivity contribution >= 4 is 0 Å². The van der Waals surface area contributed by atoms with Gasteiger partial charge in [0.05, 0.1) is 0 Å². The van der Waals surface area contributed by atoms with Crippen molar-refractivity contribution in [1.82, 2.24) is 4.90 Å². The van der Waals surface area contributed by atoms with E-state index >= 15 is 0 Å². The minimum atomic E-state index is 0.354. The Bertz CT molecular complexity index is 190. The molecule has 2 atom stereocenters. The van der Waals surface area contributed by atoms with E-state index in [2.05, 4.69) is 11.8 Å². The van der Waals surface area contributed by atoms with Crippen molar-refractivity contribution in [2.45, 2.75) is 44.7 Å². The first kappa shape index (κ1) is 11.4. The zero-order valence-electron chi connectivity index (χ0n) is 9.82. The van der Waals surface area contributed by atoms with Crippen LogP contribution in [0.3, 0.4) is 0 Å². The lowest BCUT2D eigenvalue weighted by Crippen LogP contribution is -2.48. The van der Waals surface area contributed by atoms with Crippen LogP contribution in [0, 0.1) is 5.92 Å². The number of piperidine rings is 1. The molecule has 0 amide bonds. The standard InChI is InChI=1S/C12H24N2O/c1-10(13)11-3-2-6-14(9-11)12-4-7-15-8-5-12/h10-12H,2-9,13H2,1H3. The molecule has 0 aromatic heterocycles. The summed E-state index contributed by atoms with van der Waals surface area (Å²) in [5.74, 6) is 0.710.